The lowest BCUT2D eigenvalue weighted by Crippen LogP contribution is -2.37. The SMILES string of the molecule is O=CC1CCCN(CCn2ccnc2)C1. The summed E-state index contributed by atoms with van der Waals surface area (Å²) in [6.45, 7) is 4.03. The van der Waals surface area contributed by atoms with Crippen LogP contribution in [0.2, 0.25) is 0 Å². The van der Waals surface area contributed by atoms with Crippen molar-refractivity contribution in [1.29, 1.82) is 0 Å². The zero-order valence-corrected chi connectivity index (χ0v) is 8.88. The van der Waals surface area contributed by atoms with Crippen LogP contribution in [0.15, 0.2) is 18.7 Å². The Morgan fingerprint density at radius 1 is 1.47 bits per heavy atom. The van der Waals surface area contributed by atoms with Gasteiger partial charge in [-0.05, 0) is 19.4 Å². The summed E-state index contributed by atoms with van der Waals surface area (Å²) < 4.78 is 2.07. The third kappa shape index (κ3) is 2.89. The maximum atomic E-state index is 10.7. The number of aldehydes is 1. The highest BCUT2D eigenvalue weighted by Gasteiger charge is 2.18. The molecule has 0 N–H and O–H groups in total. The molecule has 82 valence electrons. The number of carbonyl (C=O) groups excluding carboxylic acids is 1. The average Bonchev–Trinajstić information content (AvgIpc) is 2.79. The van der Waals surface area contributed by atoms with E-state index in [1.54, 1.807) is 6.20 Å². The molecule has 1 aromatic rings. The molecule has 0 aliphatic carbocycles. The van der Waals surface area contributed by atoms with Crippen LogP contribution in [0.3, 0.4) is 0 Å². The van der Waals surface area contributed by atoms with E-state index in [-0.39, 0.29) is 5.92 Å². The Kier molecular flexibility index (Phi) is 3.50. The molecule has 2 rings (SSSR count). The first kappa shape index (κ1) is 10.4. The first-order valence-electron chi connectivity index (χ1n) is 5.52. The molecular weight excluding hydrogens is 190 g/mol. The number of aromatic nitrogens is 2. The van der Waals surface area contributed by atoms with Crippen molar-refractivity contribution in [2.75, 3.05) is 19.6 Å². The van der Waals surface area contributed by atoms with E-state index in [9.17, 15) is 4.79 Å². The van der Waals surface area contributed by atoms with E-state index >= 15 is 0 Å². The zero-order chi connectivity index (χ0) is 10.5. The number of likely N-dealkylation sites (tertiary alicyclic amines) is 1. The monoisotopic (exact) mass is 207 g/mol. The fourth-order valence-corrected chi connectivity index (χ4v) is 2.08. The fraction of sp³-hybridized carbons (Fsp3) is 0.636. The normalized spacial score (nSPS) is 22.8. The summed E-state index contributed by atoms with van der Waals surface area (Å²) in [5.41, 5.74) is 0. The van der Waals surface area contributed by atoms with Crippen molar-refractivity contribution in [3.63, 3.8) is 0 Å². The van der Waals surface area contributed by atoms with Gasteiger partial charge in [-0.15, -0.1) is 0 Å². The van der Waals surface area contributed by atoms with E-state index in [4.69, 9.17) is 0 Å². The average molecular weight is 207 g/mol. The predicted octanol–water partition coefficient (Wildman–Crippen LogP) is 0.794. The number of carbonyl (C=O) groups is 1. The van der Waals surface area contributed by atoms with E-state index in [1.165, 1.54) is 0 Å². The molecule has 0 spiro atoms. The largest absolute Gasteiger partial charge is 0.336 e. The summed E-state index contributed by atoms with van der Waals surface area (Å²) in [6.07, 6.45) is 8.91. The molecular formula is C11H17N3O. The van der Waals surface area contributed by atoms with Gasteiger partial charge < -0.3 is 14.3 Å². The van der Waals surface area contributed by atoms with Crippen LogP contribution >= 0.6 is 0 Å². The summed E-state index contributed by atoms with van der Waals surface area (Å²) in [5.74, 6) is 0.251. The van der Waals surface area contributed by atoms with Crippen molar-refractivity contribution in [2.45, 2.75) is 19.4 Å². The quantitative estimate of drug-likeness (QED) is 0.685. The van der Waals surface area contributed by atoms with Crippen molar-refractivity contribution in [1.82, 2.24) is 14.5 Å². The van der Waals surface area contributed by atoms with Crippen molar-refractivity contribution >= 4 is 6.29 Å². The van der Waals surface area contributed by atoms with Gasteiger partial charge in [-0.2, -0.15) is 0 Å². The molecule has 0 aromatic carbocycles. The maximum absolute atomic E-state index is 10.7. The van der Waals surface area contributed by atoms with Gasteiger partial charge in [0, 0.05) is 37.9 Å². The molecule has 1 atom stereocenters. The Morgan fingerprint density at radius 3 is 3.13 bits per heavy atom. The van der Waals surface area contributed by atoms with E-state index in [1.807, 2.05) is 12.5 Å². The molecule has 4 heteroatoms. The molecule has 15 heavy (non-hydrogen) atoms. The number of rotatable bonds is 4. The Bertz CT molecular complexity index is 297. The van der Waals surface area contributed by atoms with E-state index in [0.717, 1.165) is 45.3 Å². The molecule has 0 radical (unpaired) electrons. The second kappa shape index (κ2) is 5.07. The topological polar surface area (TPSA) is 38.1 Å². The third-order valence-corrected chi connectivity index (χ3v) is 2.97. The van der Waals surface area contributed by atoms with E-state index < -0.39 is 0 Å². The lowest BCUT2D eigenvalue weighted by molar-refractivity contribution is -0.112. The van der Waals surface area contributed by atoms with E-state index in [0.29, 0.717) is 0 Å². The fourth-order valence-electron chi connectivity index (χ4n) is 2.08. The summed E-state index contributed by atoms with van der Waals surface area (Å²) >= 11 is 0. The summed E-state index contributed by atoms with van der Waals surface area (Å²) in [5, 5.41) is 0. The minimum Gasteiger partial charge on any atom is -0.336 e. The first-order chi connectivity index (χ1) is 7.38. The number of hydrogen-bond acceptors (Lipinski definition) is 3. The van der Waals surface area contributed by atoms with Gasteiger partial charge >= 0.3 is 0 Å². The van der Waals surface area contributed by atoms with Crippen molar-refractivity contribution < 1.29 is 4.79 Å². The van der Waals surface area contributed by atoms with Crippen LogP contribution in [0.25, 0.3) is 0 Å². The highest BCUT2D eigenvalue weighted by Crippen LogP contribution is 2.13. The van der Waals surface area contributed by atoms with Crippen LogP contribution in [0.1, 0.15) is 12.8 Å². The third-order valence-electron chi connectivity index (χ3n) is 2.97. The smallest absolute Gasteiger partial charge is 0.124 e. The number of piperidine rings is 1. The van der Waals surface area contributed by atoms with Crippen LogP contribution in [0, 0.1) is 5.92 Å². The molecule has 1 unspecified atom stereocenters. The van der Waals surface area contributed by atoms with Gasteiger partial charge in [0.15, 0.2) is 0 Å². The summed E-state index contributed by atoms with van der Waals surface area (Å²) in [6, 6.07) is 0. The second-order valence-corrected chi connectivity index (χ2v) is 4.14. The Morgan fingerprint density at radius 2 is 2.40 bits per heavy atom. The maximum Gasteiger partial charge on any atom is 0.124 e. The molecule has 0 saturated carbocycles. The van der Waals surface area contributed by atoms with Gasteiger partial charge in [0.2, 0.25) is 0 Å². The zero-order valence-electron chi connectivity index (χ0n) is 8.88. The molecule has 1 fully saturated rings. The highest BCUT2D eigenvalue weighted by molar-refractivity contribution is 5.53. The van der Waals surface area contributed by atoms with Gasteiger partial charge in [-0.3, -0.25) is 0 Å². The lowest BCUT2D eigenvalue weighted by Gasteiger charge is -2.29. The van der Waals surface area contributed by atoms with Gasteiger partial charge in [0.05, 0.1) is 6.33 Å². The van der Waals surface area contributed by atoms with Crippen LogP contribution < -0.4 is 0 Å². The molecule has 1 aliphatic rings. The summed E-state index contributed by atoms with van der Waals surface area (Å²) in [4.78, 5) is 17.1. The number of nitrogens with zero attached hydrogens (tertiary/aromatic N) is 3. The second-order valence-electron chi connectivity index (χ2n) is 4.14. The minimum absolute atomic E-state index is 0.251. The molecule has 1 saturated heterocycles. The predicted molar refractivity (Wildman–Crippen MR) is 57.5 cm³/mol. The number of hydrogen-bond donors (Lipinski definition) is 0. The van der Waals surface area contributed by atoms with Crippen LogP contribution in [-0.2, 0) is 11.3 Å². The van der Waals surface area contributed by atoms with Crippen molar-refractivity contribution in [3.05, 3.63) is 18.7 Å². The molecule has 4 nitrogen and oxygen atoms in total. The van der Waals surface area contributed by atoms with Crippen molar-refractivity contribution in [2.24, 2.45) is 5.92 Å². The van der Waals surface area contributed by atoms with Gasteiger partial charge in [-0.1, -0.05) is 0 Å². The first-order valence-corrected chi connectivity index (χ1v) is 5.52. The van der Waals surface area contributed by atoms with Gasteiger partial charge in [0.25, 0.3) is 0 Å². The van der Waals surface area contributed by atoms with E-state index in [2.05, 4.69) is 14.5 Å². The molecule has 1 aliphatic heterocycles. The Labute approximate surface area is 89.9 Å². The minimum atomic E-state index is 0.251. The van der Waals surface area contributed by atoms with Crippen LogP contribution in [-0.4, -0.2) is 40.4 Å². The lowest BCUT2D eigenvalue weighted by atomic mass is 10.00. The Hall–Kier alpha value is -1.16. The standard InChI is InChI=1S/C11H17N3O/c15-9-11-2-1-4-13(8-11)6-7-14-5-3-12-10-14/h3,5,9-11H,1-2,4,6-8H2. The number of imidazole rings is 1. The van der Waals surface area contributed by atoms with Gasteiger partial charge in [-0.25, -0.2) is 4.98 Å². The van der Waals surface area contributed by atoms with Gasteiger partial charge in [0.1, 0.15) is 6.29 Å². The Balaban J connectivity index is 1.77. The molecule has 0 bridgehead atoms. The van der Waals surface area contributed by atoms with Crippen LogP contribution in [0.5, 0.6) is 0 Å². The molecule has 2 heterocycles. The molecule has 1 aromatic heterocycles. The van der Waals surface area contributed by atoms with Crippen LogP contribution in [0.4, 0.5) is 0 Å². The highest BCUT2D eigenvalue weighted by atomic mass is 16.1. The summed E-state index contributed by atoms with van der Waals surface area (Å²) in [7, 11) is 0. The van der Waals surface area contributed by atoms with Crippen molar-refractivity contribution in [3.8, 4) is 0 Å². The molecule has 0 amide bonds.